The summed E-state index contributed by atoms with van der Waals surface area (Å²) in [5.41, 5.74) is 1.96. The van der Waals surface area contributed by atoms with Gasteiger partial charge in [0, 0.05) is 58.1 Å². The van der Waals surface area contributed by atoms with Crippen LogP contribution in [0.25, 0.3) is 0 Å². The van der Waals surface area contributed by atoms with Crippen molar-refractivity contribution in [1.82, 2.24) is 15.2 Å². The number of nitro groups is 1. The number of hydrogen-bond donors (Lipinski definition) is 1. The quantitative estimate of drug-likeness (QED) is 0.471. The van der Waals surface area contributed by atoms with Crippen molar-refractivity contribution in [2.45, 2.75) is 6.54 Å². The van der Waals surface area contributed by atoms with Crippen molar-refractivity contribution in [3.05, 3.63) is 64.5 Å². The van der Waals surface area contributed by atoms with E-state index in [-0.39, 0.29) is 10.6 Å². The highest BCUT2D eigenvalue weighted by molar-refractivity contribution is 5.63. The van der Waals surface area contributed by atoms with Gasteiger partial charge in [0.05, 0.1) is 10.6 Å². The van der Waals surface area contributed by atoms with E-state index in [1.807, 2.05) is 30.3 Å². The summed E-state index contributed by atoms with van der Waals surface area (Å²) in [7, 11) is 0. The molecule has 1 saturated heterocycles. The summed E-state index contributed by atoms with van der Waals surface area (Å²) in [5.74, 6) is 0. The number of pyridine rings is 1. The molecule has 0 atom stereocenters. The Morgan fingerprint density at radius 3 is 2.56 bits per heavy atom. The Hall–Kier alpha value is -2.51. The van der Waals surface area contributed by atoms with Crippen LogP contribution in [0.15, 0.2) is 48.7 Å². The highest BCUT2D eigenvalue weighted by Crippen LogP contribution is 2.28. The van der Waals surface area contributed by atoms with Crippen LogP contribution in [-0.4, -0.2) is 54.1 Å². The van der Waals surface area contributed by atoms with Crippen molar-refractivity contribution in [2.24, 2.45) is 0 Å². The highest BCUT2D eigenvalue weighted by atomic mass is 16.6. The normalized spacial score (nSPS) is 15.3. The number of piperazine rings is 1. The molecule has 1 aromatic heterocycles. The van der Waals surface area contributed by atoms with E-state index in [1.165, 1.54) is 0 Å². The Morgan fingerprint density at radius 1 is 1.08 bits per heavy atom. The molecule has 0 aliphatic carbocycles. The van der Waals surface area contributed by atoms with E-state index < -0.39 is 0 Å². The van der Waals surface area contributed by atoms with Crippen molar-refractivity contribution < 1.29 is 4.92 Å². The first-order valence-corrected chi connectivity index (χ1v) is 8.55. The average molecular weight is 341 g/mol. The number of nitrogens with one attached hydrogen (secondary N) is 1. The largest absolute Gasteiger partial charge is 0.363 e. The lowest BCUT2D eigenvalue weighted by molar-refractivity contribution is -0.384. The molecule has 0 spiro atoms. The van der Waals surface area contributed by atoms with Gasteiger partial charge in [0.25, 0.3) is 5.69 Å². The Balaban J connectivity index is 1.42. The molecule has 1 aromatic carbocycles. The second kappa shape index (κ2) is 8.55. The molecule has 1 N–H and O–H groups in total. The SMILES string of the molecule is O=[N+]([O-])c1ccccc1N1CCN(CCNCc2ccccn2)CC1. The number of rotatable bonds is 7. The van der Waals surface area contributed by atoms with Crippen LogP contribution >= 0.6 is 0 Å². The van der Waals surface area contributed by atoms with Gasteiger partial charge in [-0.05, 0) is 18.2 Å². The molecule has 132 valence electrons. The molecule has 7 nitrogen and oxygen atoms in total. The number of benzene rings is 1. The molecule has 25 heavy (non-hydrogen) atoms. The third-order valence-electron chi connectivity index (χ3n) is 4.43. The third kappa shape index (κ3) is 4.74. The smallest absolute Gasteiger partial charge is 0.292 e. The van der Waals surface area contributed by atoms with Gasteiger partial charge in [-0.3, -0.25) is 20.0 Å². The van der Waals surface area contributed by atoms with Crippen molar-refractivity contribution in [3.63, 3.8) is 0 Å². The summed E-state index contributed by atoms with van der Waals surface area (Å²) < 4.78 is 0. The second-order valence-electron chi connectivity index (χ2n) is 6.07. The zero-order valence-corrected chi connectivity index (χ0v) is 14.2. The zero-order valence-electron chi connectivity index (χ0n) is 14.2. The maximum Gasteiger partial charge on any atom is 0.292 e. The Labute approximate surface area is 147 Å². The minimum absolute atomic E-state index is 0.188. The fourth-order valence-electron chi connectivity index (χ4n) is 3.05. The van der Waals surface area contributed by atoms with Gasteiger partial charge in [-0.1, -0.05) is 18.2 Å². The predicted molar refractivity (Wildman–Crippen MR) is 97.7 cm³/mol. The number of hydrogen-bond acceptors (Lipinski definition) is 6. The van der Waals surface area contributed by atoms with Crippen LogP contribution in [0.1, 0.15) is 5.69 Å². The van der Waals surface area contributed by atoms with E-state index in [0.717, 1.165) is 57.2 Å². The number of nitro benzene ring substituents is 1. The van der Waals surface area contributed by atoms with Gasteiger partial charge in [0.2, 0.25) is 0 Å². The standard InChI is InChI=1S/C18H23N5O2/c24-23(25)18-7-2-1-6-17(18)22-13-11-21(12-14-22)10-9-19-15-16-5-3-4-8-20-16/h1-8,19H,9-15H2. The van der Waals surface area contributed by atoms with Crippen molar-refractivity contribution in [2.75, 3.05) is 44.2 Å². The van der Waals surface area contributed by atoms with Crippen LogP contribution < -0.4 is 10.2 Å². The Morgan fingerprint density at radius 2 is 1.84 bits per heavy atom. The van der Waals surface area contributed by atoms with Crippen LogP contribution in [0, 0.1) is 10.1 Å². The van der Waals surface area contributed by atoms with Gasteiger partial charge < -0.3 is 10.2 Å². The second-order valence-corrected chi connectivity index (χ2v) is 6.07. The van der Waals surface area contributed by atoms with E-state index in [2.05, 4.69) is 20.1 Å². The summed E-state index contributed by atoms with van der Waals surface area (Å²) in [6.07, 6.45) is 1.80. The molecule has 1 aliphatic rings. The maximum absolute atomic E-state index is 11.2. The molecule has 0 amide bonds. The van der Waals surface area contributed by atoms with Crippen LogP contribution in [0.2, 0.25) is 0 Å². The van der Waals surface area contributed by atoms with Gasteiger partial charge in [-0.25, -0.2) is 0 Å². The zero-order chi connectivity index (χ0) is 17.5. The van der Waals surface area contributed by atoms with E-state index in [4.69, 9.17) is 0 Å². The van der Waals surface area contributed by atoms with Gasteiger partial charge in [-0.15, -0.1) is 0 Å². The van der Waals surface area contributed by atoms with E-state index in [1.54, 1.807) is 18.3 Å². The van der Waals surface area contributed by atoms with Gasteiger partial charge in [0.15, 0.2) is 0 Å². The van der Waals surface area contributed by atoms with Gasteiger partial charge >= 0.3 is 0 Å². The third-order valence-corrected chi connectivity index (χ3v) is 4.43. The monoisotopic (exact) mass is 341 g/mol. The number of nitrogens with zero attached hydrogens (tertiary/aromatic N) is 4. The Bertz CT molecular complexity index is 687. The average Bonchev–Trinajstić information content (AvgIpc) is 2.66. The number of aromatic nitrogens is 1. The molecule has 7 heteroatoms. The molecule has 1 aliphatic heterocycles. The topological polar surface area (TPSA) is 74.5 Å². The van der Waals surface area contributed by atoms with Crippen molar-refractivity contribution >= 4 is 11.4 Å². The predicted octanol–water partition coefficient (Wildman–Crippen LogP) is 1.90. The fraction of sp³-hybridized carbons (Fsp3) is 0.389. The molecule has 2 heterocycles. The van der Waals surface area contributed by atoms with Gasteiger partial charge in [0.1, 0.15) is 5.69 Å². The van der Waals surface area contributed by atoms with Crippen molar-refractivity contribution in [1.29, 1.82) is 0 Å². The van der Waals surface area contributed by atoms with Crippen LogP contribution in [-0.2, 0) is 6.54 Å². The Kier molecular flexibility index (Phi) is 5.92. The van der Waals surface area contributed by atoms with Crippen LogP contribution in [0.4, 0.5) is 11.4 Å². The maximum atomic E-state index is 11.2. The molecule has 0 saturated carbocycles. The first kappa shape index (κ1) is 17.3. The number of anilines is 1. The molecule has 0 unspecified atom stereocenters. The molecular weight excluding hydrogens is 318 g/mol. The minimum Gasteiger partial charge on any atom is -0.363 e. The lowest BCUT2D eigenvalue weighted by atomic mass is 10.2. The highest BCUT2D eigenvalue weighted by Gasteiger charge is 2.22. The fourth-order valence-corrected chi connectivity index (χ4v) is 3.05. The molecule has 2 aromatic rings. The van der Waals surface area contributed by atoms with Crippen LogP contribution in [0.3, 0.4) is 0 Å². The summed E-state index contributed by atoms with van der Waals surface area (Å²) in [6.45, 7) is 6.10. The first-order chi connectivity index (χ1) is 12.2. The molecule has 0 bridgehead atoms. The molecular formula is C18H23N5O2. The van der Waals surface area contributed by atoms with E-state index >= 15 is 0 Å². The summed E-state index contributed by atoms with van der Waals surface area (Å²) in [5, 5.41) is 14.6. The first-order valence-electron chi connectivity index (χ1n) is 8.55. The lowest BCUT2D eigenvalue weighted by Crippen LogP contribution is -2.48. The lowest BCUT2D eigenvalue weighted by Gasteiger charge is -2.35. The summed E-state index contributed by atoms with van der Waals surface area (Å²) in [4.78, 5) is 19.7. The summed E-state index contributed by atoms with van der Waals surface area (Å²) >= 11 is 0. The van der Waals surface area contributed by atoms with Crippen molar-refractivity contribution in [3.8, 4) is 0 Å². The van der Waals surface area contributed by atoms with Crippen LogP contribution in [0.5, 0.6) is 0 Å². The summed E-state index contributed by atoms with van der Waals surface area (Å²) in [6, 6.07) is 12.9. The molecule has 0 radical (unpaired) electrons. The van der Waals surface area contributed by atoms with Gasteiger partial charge in [-0.2, -0.15) is 0 Å². The number of para-hydroxylation sites is 2. The van der Waals surface area contributed by atoms with E-state index in [0.29, 0.717) is 0 Å². The molecule has 1 fully saturated rings. The minimum atomic E-state index is -0.302. The molecule has 3 rings (SSSR count). The van der Waals surface area contributed by atoms with E-state index in [9.17, 15) is 10.1 Å².